The summed E-state index contributed by atoms with van der Waals surface area (Å²) in [6.07, 6.45) is 1.30. The van der Waals surface area contributed by atoms with Crippen LogP contribution in [0, 0.1) is 0 Å². The van der Waals surface area contributed by atoms with Gasteiger partial charge in [-0.3, -0.25) is 14.5 Å². The maximum Gasteiger partial charge on any atom is 0.410 e. The van der Waals surface area contributed by atoms with Crippen LogP contribution in [0.1, 0.15) is 54.4 Å². The van der Waals surface area contributed by atoms with Gasteiger partial charge in [-0.15, -0.1) is 0 Å². The van der Waals surface area contributed by atoms with E-state index in [1.165, 1.54) is 0 Å². The molecule has 0 spiro atoms. The first kappa shape index (κ1) is 25.2. The first-order valence-corrected chi connectivity index (χ1v) is 10.8. The molecule has 0 N–H and O–H groups in total. The van der Waals surface area contributed by atoms with Crippen LogP contribution in [0.4, 0.5) is 4.79 Å². The van der Waals surface area contributed by atoms with Crippen molar-refractivity contribution in [1.82, 2.24) is 19.6 Å². The lowest BCUT2D eigenvalue weighted by atomic mass is 10.1. The van der Waals surface area contributed by atoms with E-state index in [-0.39, 0.29) is 30.5 Å². The molecule has 1 saturated heterocycles. The van der Waals surface area contributed by atoms with Crippen LogP contribution < -0.4 is 0 Å². The number of piperazine rings is 1. The molecule has 1 aliphatic heterocycles. The Bertz CT molecular complexity index is 549. The van der Waals surface area contributed by atoms with Crippen molar-refractivity contribution in [1.29, 1.82) is 0 Å². The van der Waals surface area contributed by atoms with Gasteiger partial charge in [0.25, 0.3) is 0 Å². The van der Waals surface area contributed by atoms with E-state index in [4.69, 9.17) is 4.74 Å². The molecule has 0 bridgehead atoms. The van der Waals surface area contributed by atoms with Crippen molar-refractivity contribution in [2.45, 2.75) is 66.0 Å². The predicted molar refractivity (Wildman–Crippen MR) is 114 cm³/mol. The Hall–Kier alpha value is -1.83. The molecule has 0 radical (unpaired) electrons. The summed E-state index contributed by atoms with van der Waals surface area (Å²) in [5.74, 6) is -0.0612. The van der Waals surface area contributed by atoms with Gasteiger partial charge in [0.15, 0.2) is 0 Å². The molecule has 1 atom stereocenters. The number of rotatable bonds is 8. The van der Waals surface area contributed by atoms with Crippen molar-refractivity contribution in [2.24, 2.45) is 0 Å². The van der Waals surface area contributed by atoms with Crippen LogP contribution in [-0.4, -0.2) is 102 Å². The van der Waals surface area contributed by atoms with Crippen molar-refractivity contribution >= 4 is 17.9 Å². The zero-order chi connectivity index (χ0) is 22.2. The van der Waals surface area contributed by atoms with E-state index < -0.39 is 5.60 Å². The molecule has 8 heteroatoms. The van der Waals surface area contributed by atoms with Gasteiger partial charge in [-0.2, -0.15) is 0 Å². The molecular formula is C21H40N4O4. The van der Waals surface area contributed by atoms with Crippen LogP contribution in [0.3, 0.4) is 0 Å². The number of hydrogen-bond donors (Lipinski definition) is 0. The second kappa shape index (κ2) is 11.4. The predicted octanol–water partition coefficient (Wildman–Crippen LogP) is 2.03. The molecule has 0 aromatic carbocycles. The van der Waals surface area contributed by atoms with E-state index >= 15 is 0 Å². The van der Waals surface area contributed by atoms with E-state index in [9.17, 15) is 14.4 Å². The smallest absolute Gasteiger partial charge is 0.410 e. The summed E-state index contributed by atoms with van der Waals surface area (Å²) in [6, 6.07) is -0.268. The summed E-state index contributed by atoms with van der Waals surface area (Å²) in [6.45, 7) is 15.2. The van der Waals surface area contributed by atoms with E-state index in [0.717, 1.165) is 12.8 Å². The van der Waals surface area contributed by atoms with Gasteiger partial charge < -0.3 is 19.4 Å². The van der Waals surface area contributed by atoms with Gasteiger partial charge in [-0.1, -0.05) is 13.3 Å². The maximum absolute atomic E-state index is 13.1. The van der Waals surface area contributed by atoms with E-state index in [0.29, 0.717) is 39.3 Å². The highest BCUT2D eigenvalue weighted by Gasteiger charge is 2.33. The fourth-order valence-electron chi connectivity index (χ4n) is 3.49. The summed E-state index contributed by atoms with van der Waals surface area (Å²) in [4.78, 5) is 44.8. The SMILES string of the molecule is CCC[C@@H](C(=O)N(C)CC(=O)N(CC)CC)N1CCN(C(=O)OC(C)(C)C)CC1. The monoisotopic (exact) mass is 412 g/mol. The molecule has 168 valence electrons. The Morgan fingerprint density at radius 2 is 1.55 bits per heavy atom. The maximum atomic E-state index is 13.1. The van der Waals surface area contributed by atoms with Crippen LogP contribution in [0.25, 0.3) is 0 Å². The van der Waals surface area contributed by atoms with Gasteiger partial charge in [0.1, 0.15) is 5.60 Å². The summed E-state index contributed by atoms with van der Waals surface area (Å²) >= 11 is 0. The normalized spacial score (nSPS) is 16.3. The average molecular weight is 413 g/mol. The van der Waals surface area contributed by atoms with Gasteiger partial charge in [0.2, 0.25) is 11.8 Å². The first-order chi connectivity index (χ1) is 13.5. The Kier molecular flexibility index (Phi) is 9.89. The molecule has 1 rings (SSSR count). The fraction of sp³-hybridized carbons (Fsp3) is 0.857. The second-order valence-corrected chi connectivity index (χ2v) is 8.57. The third-order valence-electron chi connectivity index (χ3n) is 5.12. The van der Waals surface area contributed by atoms with Crippen molar-refractivity contribution in [3.63, 3.8) is 0 Å². The number of hydrogen-bond acceptors (Lipinski definition) is 5. The minimum atomic E-state index is -0.519. The molecule has 8 nitrogen and oxygen atoms in total. The summed E-state index contributed by atoms with van der Waals surface area (Å²) in [5, 5.41) is 0. The number of ether oxygens (including phenoxy) is 1. The number of carbonyl (C=O) groups is 3. The Morgan fingerprint density at radius 1 is 1.00 bits per heavy atom. The summed E-state index contributed by atoms with van der Waals surface area (Å²) in [5.41, 5.74) is -0.519. The molecule has 0 aromatic heterocycles. The largest absolute Gasteiger partial charge is 0.444 e. The van der Waals surface area contributed by atoms with Gasteiger partial charge in [0.05, 0.1) is 12.6 Å². The molecule has 0 aliphatic carbocycles. The highest BCUT2D eigenvalue weighted by atomic mass is 16.6. The molecule has 0 unspecified atom stereocenters. The van der Waals surface area contributed by atoms with Crippen LogP contribution in [0.15, 0.2) is 0 Å². The van der Waals surface area contributed by atoms with Gasteiger partial charge in [-0.25, -0.2) is 4.79 Å². The Labute approximate surface area is 176 Å². The lowest BCUT2D eigenvalue weighted by Crippen LogP contribution is -2.57. The van der Waals surface area contributed by atoms with Crippen LogP contribution in [0.5, 0.6) is 0 Å². The standard InChI is InChI=1S/C21H40N4O4/c1-8-11-17(19(27)22(7)16-18(26)23(9-2)10-3)24-12-14-25(15-13-24)20(28)29-21(4,5)6/h17H,8-16H2,1-7H3/t17-/m0/s1. The number of amides is 3. The molecule has 3 amide bonds. The highest BCUT2D eigenvalue weighted by Crippen LogP contribution is 2.16. The van der Waals surface area contributed by atoms with Crippen LogP contribution in [0.2, 0.25) is 0 Å². The van der Waals surface area contributed by atoms with Crippen molar-refractivity contribution in [3.8, 4) is 0 Å². The van der Waals surface area contributed by atoms with Crippen molar-refractivity contribution in [2.75, 3.05) is 52.9 Å². The molecule has 1 aliphatic rings. The van der Waals surface area contributed by atoms with E-state index in [1.54, 1.807) is 21.7 Å². The lowest BCUT2D eigenvalue weighted by Gasteiger charge is -2.40. The average Bonchev–Trinajstić information content (AvgIpc) is 2.65. The van der Waals surface area contributed by atoms with E-state index in [2.05, 4.69) is 11.8 Å². The molecule has 0 saturated carbocycles. The van der Waals surface area contributed by atoms with Crippen LogP contribution in [-0.2, 0) is 14.3 Å². The number of likely N-dealkylation sites (N-methyl/N-ethyl adjacent to an activating group) is 2. The number of carbonyl (C=O) groups excluding carboxylic acids is 3. The third kappa shape index (κ3) is 7.84. The molecule has 29 heavy (non-hydrogen) atoms. The Morgan fingerprint density at radius 3 is 2.00 bits per heavy atom. The molecule has 1 fully saturated rings. The minimum absolute atomic E-state index is 0.0296. The summed E-state index contributed by atoms with van der Waals surface area (Å²) in [7, 11) is 1.70. The van der Waals surface area contributed by atoms with Gasteiger partial charge in [-0.05, 0) is 41.0 Å². The van der Waals surface area contributed by atoms with Gasteiger partial charge in [0, 0.05) is 46.3 Å². The molecule has 0 aromatic rings. The Balaban J connectivity index is 2.69. The molecule has 1 heterocycles. The topological polar surface area (TPSA) is 73.4 Å². The molecular weight excluding hydrogens is 372 g/mol. The zero-order valence-corrected chi connectivity index (χ0v) is 19.4. The lowest BCUT2D eigenvalue weighted by molar-refractivity contribution is -0.143. The van der Waals surface area contributed by atoms with Crippen molar-refractivity contribution in [3.05, 3.63) is 0 Å². The third-order valence-corrected chi connectivity index (χ3v) is 5.12. The van der Waals surface area contributed by atoms with E-state index in [1.807, 2.05) is 34.6 Å². The first-order valence-electron chi connectivity index (χ1n) is 10.8. The van der Waals surface area contributed by atoms with Gasteiger partial charge >= 0.3 is 6.09 Å². The van der Waals surface area contributed by atoms with Crippen molar-refractivity contribution < 1.29 is 19.1 Å². The van der Waals surface area contributed by atoms with Crippen LogP contribution >= 0.6 is 0 Å². The zero-order valence-electron chi connectivity index (χ0n) is 19.4. The fourth-order valence-corrected chi connectivity index (χ4v) is 3.49. The second-order valence-electron chi connectivity index (χ2n) is 8.57. The highest BCUT2D eigenvalue weighted by molar-refractivity contribution is 5.87. The number of nitrogens with zero attached hydrogens (tertiary/aromatic N) is 4. The minimum Gasteiger partial charge on any atom is -0.444 e. The quantitative estimate of drug-likeness (QED) is 0.610. The summed E-state index contributed by atoms with van der Waals surface area (Å²) < 4.78 is 5.44.